The van der Waals surface area contributed by atoms with Crippen LogP contribution in [0.4, 0.5) is 0 Å². The zero-order chi connectivity index (χ0) is 8.39. The number of hydrogen-bond acceptors (Lipinski definition) is 1. The third-order valence-corrected chi connectivity index (χ3v) is 2.98. The molecule has 0 amide bonds. The third kappa shape index (κ3) is 1.46. The van der Waals surface area contributed by atoms with Crippen molar-refractivity contribution in [3.63, 3.8) is 0 Å². The molecule has 0 radical (unpaired) electrons. The lowest BCUT2D eigenvalue weighted by Gasteiger charge is -2.17. The first-order valence-corrected chi connectivity index (χ1v) is 4.77. The van der Waals surface area contributed by atoms with E-state index in [9.17, 15) is 0 Å². The standard InChI is InChI=1S/C11H16O/c1-2-5-12-8-11-7-9-3-4-10(11)6-9/h2-4,9-11H,1,5-8H2/t9-,10+,11?/m1/s1. The van der Waals surface area contributed by atoms with Crippen LogP contribution < -0.4 is 0 Å². The second kappa shape index (κ2) is 3.44. The van der Waals surface area contributed by atoms with Crippen molar-refractivity contribution in [2.75, 3.05) is 13.2 Å². The molecule has 0 saturated heterocycles. The van der Waals surface area contributed by atoms with E-state index < -0.39 is 0 Å². The number of allylic oxidation sites excluding steroid dienone is 2. The van der Waals surface area contributed by atoms with Gasteiger partial charge in [0.15, 0.2) is 0 Å². The van der Waals surface area contributed by atoms with Crippen LogP contribution in [0.2, 0.25) is 0 Å². The summed E-state index contributed by atoms with van der Waals surface area (Å²) >= 11 is 0. The van der Waals surface area contributed by atoms with Gasteiger partial charge < -0.3 is 4.74 Å². The van der Waals surface area contributed by atoms with Crippen LogP contribution in [0.15, 0.2) is 24.8 Å². The average molecular weight is 164 g/mol. The van der Waals surface area contributed by atoms with Gasteiger partial charge in [-0.1, -0.05) is 18.2 Å². The molecule has 0 heterocycles. The van der Waals surface area contributed by atoms with Crippen molar-refractivity contribution in [3.8, 4) is 0 Å². The number of rotatable bonds is 4. The summed E-state index contributed by atoms with van der Waals surface area (Å²) in [5, 5.41) is 0. The van der Waals surface area contributed by atoms with Gasteiger partial charge in [-0.2, -0.15) is 0 Å². The Morgan fingerprint density at radius 3 is 2.92 bits per heavy atom. The lowest BCUT2D eigenvalue weighted by molar-refractivity contribution is 0.113. The van der Waals surface area contributed by atoms with Crippen LogP contribution in [-0.4, -0.2) is 13.2 Å². The van der Waals surface area contributed by atoms with E-state index in [1.165, 1.54) is 12.8 Å². The van der Waals surface area contributed by atoms with Gasteiger partial charge in [-0.15, -0.1) is 6.58 Å². The SMILES string of the molecule is C=CCOCC1C[C@@H]2C=C[C@H]1C2. The second-order valence-electron chi connectivity index (χ2n) is 3.87. The number of fused-ring (bicyclic) bond motifs is 2. The Hall–Kier alpha value is -0.560. The Morgan fingerprint density at radius 2 is 2.33 bits per heavy atom. The van der Waals surface area contributed by atoms with E-state index in [1.807, 2.05) is 6.08 Å². The molecule has 0 N–H and O–H groups in total. The summed E-state index contributed by atoms with van der Waals surface area (Å²) in [6.07, 6.45) is 9.29. The maximum absolute atomic E-state index is 5.47. The van der Waals surface area contributed by atoms with Gasteiger partial charge in [0.2, 0.25) is 0 Å². The minimum Gasteiger partial charge on any atom is -0.377 e. The van der Waals surface area contributed by atoms with Gasteiger partial charge in [-0.3, -0.25) is 0 Å². The van der Waals surface area contributed by atoms with Crippen LogP contribution in [0.25, 0.3) is 0 Å². The third-order valence-electron chi connectivity index (χ3n) is 2.98. The van der Waals surface area contributed by atoms with Gasteiger partial charge in [0.05, 0.1) is 13.2 Å². The second-order valence-corrected chi connectivity index (χ2v) is 3.87. The molecule has 2 aliphatic carbocycles. The molecule has 0 aromatic carbocycles. The van der Waals surface area contributed by atoms with Crippen molar-refractivity contribution in [3.05, 3.63) is 24.8 Å². The quantitative estimate of drug-likeness (QED) is 0.458. The highest BCUT2D eigenvalue weighted by Gasteiger charge is 2.35. The van der Waals surface area contributed by atoms with Crippen molar-refractivity contribution in [2.45, 2.75) is 12.8 Å². The van der Waals surface area contributed by atoms with E-state index in [4.69, 9.17) is 4.74 Å². The first-order chi connectivity index (χ1) is 5.90. The zero-order valence-electron chi connectivity index (χ0n) is 7.41. The highest BCUT2D eigenvalue weighted by atomic mass is 16.5. The first kappa shape index (κ1) is 8.06. The minimum absolute atomic E-state index is 0.706. The molecule has 3 atom stereocenters. The van der Waals surface area contributed by atoms with Crippen LogP contribution in [-0.2, 0) is 4.74 Å². The van der Waals surface area contributed by atoms with Gasteiger partial charge in [0, 0.05) is 0 Å². The maximum Gasteiger partial charge on any atom is 0.0644 e. The largest absolute Gasteiger partial charge is 0.377 e. The molecule has 12 heavy (non-hydrogen) atoms. The molecule has 66 valence electrons. The monoisotopic (exact) mass is 164 g/mol. The highest BCUT2D eigenvalue weighted by Crippen LogP contribution is 2.43. The fourth-order valence-corrected chi connectivity index (χ4v) is 2.39. The van der Waals surface area contributed by atoms with Gasteiger partial charge in [0.25, 0.3) is 0 Å². The molecule has 1 unspecified atom stereocenters. The molecule has 1 saturated carbocycles. The molecule has 0 spiro atoms. The summed E-state index contributed by atoms with van der Waals surface area (Å²) < 4.78 is 5.47. The molecule has 2 aliphatic rings. The smallest absolute Gasteiger partial charge is 0.0644 e. The van der Waals surface area contributed by atoms with E-state index >= 15 is 0 Å². The van der Waals surface area contributed by atoms with Crippen molar-refractivity contribution < 1.29 is 4.74 Å². The lowest BCUT2D eigenvalue weighted by atomic mass is 9.95. The first-order valence-electron chi connectivity index (χ1n) is 4.77. The minimum atomic E-state index is 0.706. The summed E-state index contributed by atoms with van der Waals surface area (Å²) in [4.78, 5) is 0. The van der Waals surface area contributed by atoms with Gasteiger partial charge in [-0.05, 0) is 30.6 Å². The molecule has 1 heteroatoms. The average Bonchev–Trinajstić information content (AvgIpc) is 2.65. The Bertz CT molecular complexity index is 195. The topological polar surface area (TPSA) is 9.23 Å². The van der Waals surface area contributed by atoms with Crippen molar-refractivity contribution in [1.29, 1.82) is 0 Å². The Balaban J connectivity index is 1.76. The lowest BCUT2D eigenvalue weighted by Crippen LogP contribution is -2.14. The van der Waals surface area contributed by atoms with E-state index in [0.717, 1.165) is 24.4 Å². The van der Waals surface area contributed by atoms with Crippen LogP contribution in [0, 0.1) is 17.8 Å². The highest BCUT2D eigenvalue weighted by molar-refractivity contribution is 5.09. The molecular formula is C11H16O. The van der Waals surface area contributed by atoms with Crippen LogP contribution >= 0.6 is 0 Å². The van der Waals surface area contributed by atoms with E-state index in [-0.39, 0.29) is 0 Å². The molecule has 0 aromatic heterocycles. The summed E-state index contributed by atoms with van der Waals surface area (Å²) in [6.45, 7) is 5.27. The van der Waals surface area contributed by atoms with Gasteiger partial charge in [0.1, 0.15) is 0 Å². The maximum atomic E-state index is 5.47. The number of ether oxygens (including phenoxy) is 1. The Labute approximate surface area is 74.1 Å². The van der Waals surface area contributed by atoms with Crippen LogP contribution in [0.3, 0.4) is 0 Å². The van der Waals surface area contributed by atoms with Crippen molar-refractivity contribution in [2.24, 2.45) is 17.8 Å². The predicted molar refractivity (Wildman–Crippen MR) is 49.9 cm³/mol. The molecule has 1 fully saturated rings. The fraction of sp³-hybridized carbons (Fsp3) is 0.636. The zero-order valence-corrected chi connectivity index (χ0v) is 7.41. The van der Waals surface area contributed by atoms with E-state index in [1.54, 1.807) is 0 Å². The van der Waals surface area contributed by atoms with Crippen molar-refractivity contribution >= 4 is 0 Å². The van der Waals surface area contributed by atoms with Crippen LogP contribution in [0.5, 0.6) is 0 Å². The van der Waals surface area contributed by atoms with Crippen molar-refractivity contribution in [1.82, 2.24) is 0 Å². The van der Waals surface area contributed by atoms with Gasteiger partial charge in [-0.25, -0.2) is 0 Å². The molecule has 2 bridgehead atoms. The van der Waals surface area contributed by atoms with Crippen LogP contribution in [0.1, 0.15) is 12.8 Å². The molecule has 1 nitrogen and oxygen atoms in total. The molecule has 0 aromatic rings. The summed E-state index contributed by atoms with van der Waals surface area (Å²) in [7, 11) is 0. The molecular weight excluding hydrogens is 148 g/mol. The predicted octanol–water partition coefficient (Wildman–Crippen LogP) is 2.40. The summed E-state index contributed by atoms with van der Waals surface area (Å²) in [5.41, 5.74) is 0. The molecule has 0 aliphatic heterocycles. The Morgan fingerprint density at radius 1 is 1.42 bits per heavy atom. The van der Waals surface area contributed by atoms with E-state index in [2.05, 4.69) is 18.7 Å². The summed E-state index contributed by atoms with van der Waals surface area (Å²) in [6, 6.07) is 0. The number of hydrogen-bond donors (Lipinski definition) is 0. The summed E-state index contributed by atoms with van der Waals surface area (Å²) in [5.74, 6) is 2.48. The normalized spacial score (nSPS) is 37.5. The van der Waals surface area contributed by atoms with E-state index in [0.29, 0.717) is 6.61 Å². The Kier molecular flexibility index (Phi) is 2.31. The fourth-order valence-electron chi connectivity index (χ4n) is 2.39. The van der Waals surface area contributed by atoms with Gasteiger partial charge >= 0.3 is 0 Å². The molecule has 2 rings (SSSR count).